The zero-order valence-electron chi connectivity index (χ0n) is 26.4. The molecule has 2 atom stereocenters. The molecule has 3 saturated heterocycles. The van der Waals surface area contributed by atoms with E-state index < -0.39 is 23.3 Å². The van der Waals surface area contributed by atoms with Gasteiger partial charge >= 0.3 is 12.2 Å². The number of aromatic amines is 1. The predicted octanol–water partition coefficient (Wildman–Crippen LogP) is 5.20. The third-order valence-electron chi connectivity index (χ3n) is 8.09. The van der Waals surface area contributed by atoms with Crippen LogP contribution in [0.1, 0.15) is 79.1 Å². The molecule has 1 N–H and O–H groups in total. The molecule has 5 rings (SSSR count). The third kappa shape index (κ3) is 7.25. The molecule has 3 fully saturated rings. The minimum absolute atomic E-state index is 0.0147. The van der Waals surface area contributed by atoms with Gasteiger partial charge < -0.3 is 24.3 Å². The highest BCUT2D eigenvalue weighted by Gasteiger charge is 2.39. The highest BCUT2D eigenvalue weighted by atomic mass is 16.6. The Kier molecular flexibility index (Phi) is 8.63. The van der Waals surface area contributed by atoms with Crippen molar-refractivity contribution in [1.29, 1.82) is 0 Å². The number of aromatic nitrogens is 2. The van der Waals surface area contributed by atoms with Crippen LogP contribution in [0.3, 0.4) is 0 Å². The molecular weight excluding hydrogens is 548 g/mol. The van der Waals surface area contributed by atoms with E-state index in [2.05, 4.69) is 39.1 Å². The van der Waals surface area contributed by atoms with Crippen molar-refractivity contribution in [3.05, 3.63) is 36.3 Å². The molecule has 0 saturated carbocycles. The van der Waals surface area contributed by atoms with Crippen molar-refractivity contribution >= 4 is 23.8 Å². The Balaban J connectivity index is 1.16. The fourth-order valence-corrected chi connectivity index (χ4v) is 6.05. The molecule has 3 aliphatic heterocycles. The molecule has 0 radical (unpaired) electrons. The maximum Gasteiger partial charge on any atom is 0.410 e. The Bertz CT molecular complexity index is 1300. The molecule has 0 aliphatic carbocycles. The number of carbonyl (C=O) groups is 3. The number of nitrogens with one attached hydrogen (secondary N) is 1. The van der Waals surface area contributed by atoms with E-state index in [1.165, 1.54) is 0 Å². The Hall–Kier alpha value is -3.76. The average Bonchev–Trinajstić information content (AvgIpc) is 3.71. The van der Waals surface area contributed by atoms with Crippen LogP contribution < -0.4 is 4.90 Å². The van der Waals surface area contributed by atoms with Crippen LogP contribution in [0.5, 0.6) is 0 Å². The summed E-state index contributed by atoms with van der Waals surface area (Å²) in [5, 5.41) is 0. The summed E-state index contributed by atoms with van der Waals surface area (Å²) in [6.45, 7) is 15.0. The first-order chi connectivity index (χ1) is 20.3. The Morgan fingerprint density at radius 3 is 2.00 bits per heavy atom. The first-order valence-electron chi connectivity index (χ1n) is 15.5. The Labute approximate surface area is 254 Å². The molecule has 0 unspecified atom stereocenters. The maximum absolute atomic E-state index is 13.4. The fraction of sp³-hybridized carbons (Fsp3) is 0.625. The number of rotatable bonds is 4. The molecule has 3 amide bonds. The standard InChI is InChI=1S/C32H46N6O5/c1-31(2,3)42-29(40)37-15-7-9-25(37)27-33-21-24(34-27)22-11-13-23(14-12-22)35-17-19-36(20-18-35)28(39)26-10-8-16-38(26)30(41)43-32(4,5)6/h11-14,21,25-26H,7-10,15-20H2,1-6H3,(H,33,34)/t25-,26-/m0/s1. The van der Waals surface area contributed by atoms with Gasteiger partial charge in [-0.3, -0.25) is 14.6 Å². The lowest BCUT2D eigenvalue weighted by molar-refractivity contribution is -0.136. The summed E-state index contributed by atoms with van der Waals surface area (Å²) in [5.74, 6) is 0.789. The number of benzene rings is 1. The van der Waals surface area contributed by atoms with E-state index in [4.69, 9.17) is 9.47 Å². The second kappa shape index (κ2) is 12.1. The van der Waals surface area contributed by atoms with E-state index >= 15 is 0 Å². The van der Waals surface area contributed by atoms with Gasteiger partial charge in [0.2, 0.25) is 5.91 Å². The summed E-state index contributed by atoms with van der Waals surface area (Å²) in [6, 6.07) is 7.76. The molecule has 11 heteroatoms. The zero-order chi connectivity index (χ0) is 30.9. The number of hydrogen-bond donors (Lipinski definition) is 1. The summed E-state index contributed by atoms with van der Waals surface area (Å²) in [5.41, 5.74) is 1.88. The molecule has 43 heavy (non-hydrogen) atoms. The number of anilines is 1. The number of H-pyrrole nitrogens is 1. The second-order valence-electron chi connectivity index (χ2n) is 13.7. The summed E-state index contributed by atoms with van der Waals surface area (Å²) in [6.07, 6.45) is 4.36. The average molecular weight is 595 g/mol. The number of ether oxygens (including phenoxy) is 2. The second-order valence-corrected chi connectivity index (χ2v) is 13.7. The highest BCUT2D eigenvalue weighted by Crippen LogP contribution is 2.33. The third-order valence-corrected chi connectivity index (χ3v) is 8.09. The van der Waals surface area contributed by atoms with Gasteiger partial charge in [-0.15, -0.1) is 0 Å². The molecule has 1 aromatic heterocycles. The topological polar surface area (TPSA) is 111 Å². The Morgan fingerprint density at radius 2 is 1.37 bits per heavy atom. The van der Waals surface area contributed by atoms with Crippen LogP contribution in [-0.2, 0) is 14.3 Å². The van der Waals surface area contributed by atoms with Gasteiger partial charge in [-0.2, -0.15) is 0 Å². The molecule has 11 nitrogen and oxygen atoms in total. The van der Waals surface area contributed by atoms with Gasteiger partial charge in [0.15, 0.2) is 0 Å². The van der Waals surface area contributed by atoms with Crippen molar-refractivity contribution in [2.24, 2.45) is 0 Å². The lowest BCUT2D eigenvalue weighted by Gasteiger charge is -2.38. The summed E-state index contributed by atoms with van der Waals surface area (Å²) >= 11 is 0. The van der Waals surface area contributed by atoms with Gasteiger partial charge in [0.05, 0.1) is 17.9 Å². The Morgan fingerprint density at radius 1 is 0.791 bits per heavy atom. The monoisotopic (exact) mass is 594 g/mol. The molecule has 234 valence electrons. The van der Waals surface area contributed by atoms with Gasteiger partial charge in [-0.25, -0.2) is 14.6 Å². The van der Waals surface area contributed by atoms with Crippen LogP contribution in [0.15, 0.2) is 30.5 Å². The molecule has 0 spiro atoms. The fourth-order valence-electron chi connectivity index (χ4n) is 6.05. The van der Waals surface area contributed by atoms with Crippen molar-refractivity contribution in [1.82, 2.24) is 24.7 Å². The molecule has 1 aromatic carbocycles. The van der Waals surface area contributed by atoms with Gasteiger partial charge in [-0.1, -0.05) is 12.1 Å². The van der Waals surface area contributed by atoms with E-state index in [0.717, 1.165) is 55.1 Å². The quantitative estimate of drug-likeness (QED) is 0.518. The van der Waals surface area contributed by atoms with Crippen LogP contribution >= 0.6 is 0 Å². The zero-order valence-corrected chi connectivity index (χ0v) is 26.4. The molecule has 3 aliphatic rings. The number of imidazole rings is 1. The van der Waals surface area contributed by atoms with Crippen molar-refractivity contribution in [2.45, 2.75) is 90.5 Å². The van der Waals surface area contributed by atoms with E-state index in [0.29, 0.717) is 32.6 Å². The van der Waals surface area contributed by atoms with E-state index in [1.54, 1.807) is 9.80 Å². The van der Waals surface area contributed by atoms with Crippen LogP contribution in [0.4, 0.5) is 15.3 Å². The van der Waals surface area contributed by atoms with Gasteiger partial charge in [0.1, 0.15) is 23.1 Å². The number of hydrogen-bond acceptors (Lipinski definition) is 7. The molecule has 4 heterocycles. The normalized spacial score (nSPS) is 21.3. The summed E-state index contributed by atoms with van der Waals surface area (Å²) in [4.78, 5) is 54.4. The van der Waals surface area contributed by atoms with E-state index in [9.17, 15) is 14.4 Å². The van der Waals surface area contributed by atoms with Crippen molar-refractivity contribution in [3.8, 4) is 11.3 Å². The summed E-state index contributed by atoms with van der Waals surface area (Å²) < 4.78 is 11.2. The smallest absolute Gasteiger partial charge is 0.410 e. The number of piperazine rings is 1. The van der Waals surface area contributed by atoms with Crippen LogP contribution in [0.2, 0.25) is 0 Å². The number of carbonyl (C=O) groups excluding carboxylic acids is 3. The molecule has 2 aromatic rings. The van der Waals surface area contributed by atoms with Crippen LogP contribution in [0, 0.1) is 0 Å². The van der Waals surface area contributed by atoms with Gasteiger partial charge in [0.25, 0.3) is 0 Å². The van der Waals surface area contributed by atoms with Gasteiger partial charge in [-0.05, 0) is 84.9 Å². The lowest BCUT2D eigenvalue weighted by atomic mass is 10.1. The minimum atomic E-state index is -0.590. The van der Waals surface area contributed by atoms with Crippen LogP contribution in [0.25, 0.3) is 11.3 Å². The summed E-state index contributed by atoms with van der Waals surface area (Å²) in [7, 11) is 0. The predicted molar refractivity (Wildman–Crippen MR) is 164 cm³/mol. The highest BCUT2D eigenvalue weighted by molar-refractivity contribution is 5.86. The minimum Gasteiger partial charge on any atom is -0.444 e. The van der Waals surface area contributed by atoms with Crippen molar-refractivity contribution < 1.29 is 23.9 Å². The molecule has 0 bridgehead atoms. The van der Waals surface area contributed by atoms with Crippen molar-refractivity contribution in [3.63, 3.8) is 0 Å². The number of amides is 3. The lowest BCUT2D eigenvalue weighted by Crippen LogP contribution is -2.54. The number of likely N-dealkylation sites (tertiary alicyclic amines) is 2. The van der Waals surface area contributed by atoms with Crippen molar-refractivity contribution in [2.75, 3.05) is 44.2 Å². The van der Waals surface area contributed by atoms with Gasteiger partial charge in [0, 0.05) is 45.0 Å². The maximum atomic E-state index is 13.4. The first-order valence-corrected chi connectivity index (χ1v) is 15.5. The van der Waals surface area contributed by atoms with Crippen LogP contribution in [-0.4, -0.2) is 99.3 Å². The molecular formula is C32H46N6O5. The number of nitrogens with zero attached hydrogens (tertiary/aromatic N) is 5. The van der Waals surface area contributed by atoms with E-state index in [1.807, 2.05) is 52.6 Å². The SMILES string of the molecule is CC(C)(C)OC(=O)N1CCC[C@H]1C(=O)N1CCN(c2ccc(-c3cnc([C@@H]4CCCN4C(=O)OC(C)(C)C)[nH]3)cc2)CC1. The first kappa shape index (κ1) is 30.7. The largest absolute Gasteiger partial charge is 0.444 e. The van der Waals surface area contributed by atoms with E-state index in [-0.39, 0.29) is 18.0 Å².